The molecule has 1 rings (SSSR count). The Morgan fingerprint density at radius 2 is 2.30 bits per heavy atom. The maximum absolute atomic E-state index is 2.43. The van der Waals surface area contributed by atoms with Crippen molar-refractivity contribution in [2.75, 3.05) is 13.1 Å². The summed E-state index contributed by atoms with van der Waals surface area (Å²) < 4.78 is 0. The maximum atomic E-state index is 2.43. The van der Waals surface area contributed by atoms with Crippen LogP contribution in [-0.2, 0) is 0 Å². The Bertz CT molecular complexity index is 127. The summed E-state index contributed by atoms with van der Waals surface area (Å²) in [6.07, 6.45) is 6.15. The number of rotatable bonds is 3. The number of nitrogens with zero attached hydrogens (tertiary/aromatic N) is 1. The first kappa shape index (κ1) is 7.64. The maximum Gasteiger partial charge on any atom is 0.0210 e. The van der Waals surface area contributed by atoms with E-state index in [0.717, 1.165) is 0 Å². The summed E-state index contributed by atoms with van der Waals surface area (Å²) in [6, 6.07) is 0. The number of hydrogen-bond donors (Lipinski definition) is 0. The molecule has 1 heteroatoms. The molecule has 10 heavy (non-hydrogen) atoms. The van der Waals surface area contributed by atoms with E-state index in [9.17, 15) is 0 Å². The molecule has 0 radical (unpaired) electrons. The molecule has 0 atom stereocenters. The van der Waals surface area contributed by atoms with Crippen LogP contribution in [0.2, 0.25) is 0 Å². The van der Waals surface area contributed by atoms with Crippen molar-refractivity contribution in [1.82, 2.24) is 4.90 Å². The van der Waals surface area contributed by atoms with Crippen molar-refractivity contribution in [2.24, 2.45) is 0 Å². The normalized spacial score (nSPS) is 17.8. The molecule has 58 valence electrons. The molecule has 0 spiro atoms. The molecule has 0 N–H and O–H groups in total. The van der Waals surface area contributed by atoms with E-state index in [0.29, 0.717) is 0 Å². The molecule has 1 heterocycles. The van der Waals surface area contributed by atoms with Gasteiger partial charge in [0.1, 0.15) is 0 Å². The third-order valence-electron chi connectivity index (χ3n) is 2.05. The van der Waals surface area contributed by atoms with Gasteiger partial charge in [0.05, 0.1) is 0 Å². The fourth-order valence-electron chi connectivity index (χ4n) is 1.41. The van der Waals surface area contributed by atoms with Crippen molar-refractivity contribution in [3.05, 3.63) is 11.8 Å². The van der Waals surface area contributed by atoms with E-state index in [4.69, 9.17) is 0 Å². The van der Waals surface area contributed by atoms with Crippen LogP contribution in [0, 0.1) is 0 Å². The summed E-state index contributed by atoms with van der Waals surface area (Å²) in [6.45, 7) is 6.97. The molecule has 0 saturated heterocycles. The highest BCUT2D eigenvalue weighted by Gasteiger charge is 2.08. The lowest BCUT2D eigenvalue weighted by Gasteiger charge is -2.12. The minimum Gasteiger partial charge on any atom is -0.377 e. The third-order valence-corrected chi connectivity index (χ3v) is 2.05. The van der Waals surface area contributed by atoms with Crippen LogP contribution in [0.3, 0.4) is 0 Å². The zero-order valence-electron chi connectivity index (χ0n) is 7.06. The van der Waals surface area contributed by atoms with Crippen LogP contribution in [0.5, 0.6) is 0 Å². The van der Waals surface area contributed by atoms with E-state index in [2.05, 4.69) is 24.9 Å². The fraction of sp³-hybridized carbons (Fsp3) is 0.778. The highest BCUT2D eigenvalue weighted by atomic mass is 15.1. The predicted octanol–water partition coefficient (Wildman–Crippen LogP) is 2.40. The summed E-state index contributed by atoms with van der Waals surface area (Å²) in [5.41, 5.74) is 1.62. The molecule has 0 saturated carbocycles. The Hall–Kier alpha value is -0.460. The summed E-state index contributed by atoms with van der Waals surface area (Å²) >= 11 is 0. The highest BCUT2D eigenvalue weighted by Crippen LogP contribution is 2.16. The summed E-state index contributed by atoms with van der Waals surface area (Å²) in [5, 5.41) is 0. The van der Waals surface area contributed by atoms with Gasteiger partial charge in [-0.3, -0.25) is 0 Å². The van der Waals surface area contributed by atoms with Crippen molar-refractivity contribution in [3.8, 4) is 0 Å². The van der Waals surface area contributed by atoms with Crippen LogP contribution in [0.25, 0.3) is 0 Å². The van der Waals surface area contributed by atoms with Crippen LogP contribution in [0.4, 0.5) is 0 Å². The van der Waals surface area contributed by atoms with E-state index in [-0.39, 0.29) is 0 Å². The second kappa shape index (κ2) is 3.65. The third kappa shape index (κ3) is 1.76. The predicted molar refractivity (Wildman–Crippen MR) is 44.9 cm³/mol. The van der Waals surface area contributed by atoms with Gasteiger partial charge in [-0.1, -0.05) is 19.4 Å². The van der Waals surface area contributed by atoms with Gasteiger partial charge in [-0.15, -0.1) is 0 Å². The second-order valence-electron chi connectivity index (χ2n) is 2.93. The van der Waals surface area contributed by atoms with Crippen molar-refractivity contribution < 1.29 is 0 Å². The molecule has 1 aliphatic heterocycles. The molecule has 0 aliphatic carbocycles. The van der Waals surface area contributed by atoms with E-state index < -0.39 is 0 Å². The molecule has 0 fully saturated rings. The average Bonchev–Trinajstić information content (AvgIpc) is 2.37. The van der Waals surface area contributed by atoms with Gasteiger partial charge >= 0.3 is 0 Å². The molecule has 0 amide bonds. The van der Waals surface area contributed by atoms with Crippen LogP contribution >= 0.6 is 0 Å². The molecular weight excluding hydrogens is 122 g/mol. The molecule has 0 unspecified atom stereocenters. The fourth-order valence-corrected chi connectivity index (χ4v) is 1.41. The van der Waals surface area contributed by atoms with Crippen molar-refractivity contribution in [2.45, 2.75) is 33.1 Å². The van der Waals surface area contributed by atoms with E-state index in [1.165, 1.54) is 32.4 Å². The quantitative estimate of drug-likeness (QED) is 0.580. The Labute approximate surface area is 63.7 Å². The van der Waals surface area contributed by atoms with Gasteiger partial charge < -0.3 is 4.90 Å². The lowest BCUT2D eigenvalue weighted by atomic mass is 10.2. The molecule has 0 bridgehead atoms. The average molecular weight is 139 g/mol. The minimum atomic E-state index is 1.24. The van der Waals surface area contributed by atoms with Crippen LogP contribution in [0.1, 0.15) is 33.1 Å². The van der Waals surface area contributed by atoms with Crippen molar-refractivity contribution >= 4 is 0 Å². The van der Waals surface area contributed by atoms with Gasteiger partial charge in [0.15, 0.2) is 0 Å². The lowest BCUT2D eigenvalue weighted by Crippen LogP contribution is -2.14. The van der Waals surface area contributed by atoms with Crippen molar-refractivity contribution in [1.29, 1.82) is 0 Å². The first-order valence-electron chi connectivity index (χ1n) is 4.30. The monoisotopic (exact) mass is 139 g/mol. The smallest absolute Gasteiger partial charge is 0.0210 e. The Balaban J connectivity index is 2.32. The van der Waals surface area contributed by atoms with E-state index >= 15 is 0 Å². The van der Waals surface area contributed by atoms with Crippen LogP contribution < -0.4 is 0 Å². The van der Waals surface area contributed by atoms with E-state index in [1.807, 2.05) is 0 Å². The molecule has 0 aromatic rings. The molecule has 0 aromatic carbocycles. The molecule has 1 nitrogen and oxygen atoms in total. The second-order valence-corrected chi connectivity index (χ2v) is 2.93. The summed E-state index contributed by atoms with van der Waals surface area (Å²) in [4.78, 5) is 2.43. The van der Waals surface area contributed by atoms with E-state index in [1.54, 1.807) is 5.57 Å². The topological polar surface area (TPSA) is 3.24 Å². The zero-order valence-corrected chi connectivity index (χ0v) is 7.06. The molecule has 0 aromatic heterocycles. The zero-order chi connectivity index (χ0) is 7.40. The van der Waals surface area contributed by atoms with Crippen LogP contribution in [0.15, 0.2) is 11.8 Å². The standard InChI is InChI=1S/C9H17N/c1-3-6-10-7-5-9(4-2)8-10/h8H,3-7H2,1-2H3. The Kier molecular flexibility index (Phi) is 2.79. The summed E-state index contributed by atoms with van der Waals surface area (Å²) in [7, 11) is 0. The highest BCUT2D eigenvalue weighted by molar-refractivity contribution is 5.06. The minimum absolute atomic E-state index is 1.24. The van der Waals surface area contributed by atoms with Gasteiger partial charge in [0.2, 0.25) is 0 Å². The number of hydrogen-bond acceptors (Lipinski definition) is 1. The first-order valence-corrected chi connectivity index (χ1v) is 4.30. The SMILES string of the molecule is CCCN1C=C(CC)CC1. The van der Waals surface area contributed by atoms with Gasteiger partial charge in [-0.2, -0.15) is 0 Å². The van der Waals surface area contributed by atoms with Gasteiger partial charge in [-0.25, -0.2) is 0 Å². The van der Waals surface area contributed by atoms with Crippen LogP contribution in [-0.4, -0.2) is 18.0 Å². The first-order chi connectivity index (χ1) is 4.86. The van der Waals surface area contributed by atoms with Gasteiger partial charge in [0, 0.05) is 13.1 Å². The Morgan fingerprint density at radius 1 is 1.50 bits per heavy atom. The summed E-state index contributed by atoms with van der Waals surface area (Å²) in [5.74, 6) is 0. The molecule has 1 aliphatic rings. The van der Waals surface area contributed by atoms with Gasteiger partial charge in [-0.05, 0) is 25.5 Å². The largest absolute Gasteiger partial charge is 0.377 e. The molecular formula is C9H17N. The lowest BCUT2D eigenvalue weighted by molar-refractivity contribution is 0.406. The van der Waals surface area contributed by atoms with Crippen molar-refractivity contribution in [3.63, 3.8) is 0 Å². The Morgan fingerprint density at radius 3 is 2.80 bits per heavy atom. The van der Waals surface area contributed by atoms with Gasteiger partial charge in [0.25, 0.3) is 0 Å².